The van der Waals surface area contributed by atoms with Crippen LogP contribution in [0.25, 0.3) is 11.1 Å². The molecule has 0 spiro atoms. The van der Waals surface area contributed by atoms with E-state index in [9.17, 15) is 5.11 Å². The molecule has 0 aliphatic carbocycles. The summed E-state index contributed by atoms with van der Waals surface area (Å²) in [5.41, 5.74) is 8.24. The number of hydrogen-bond acceptors (Lipinski definition) is 3. The predicted molar refractivity (Wildman–Crippen MR) is 62.7 cm³/mol. The number of nitriles is 1. The highest BCUT2D eigenvalue weighted by molar-refractivity contribution is 5.80. The molecule has 2 rings (SSSR count). The lowest BCUT2D eigenvalue weighted by molar-refractivity contribution is 0.477. The molecule has 0 heterocycles. The molecular formula is C13H10N2O. The second-order valence-corrected chi connectivity index (χ2v) is 3.43. The number of aromatic hydroxyl groups is 1. The fourth-order valence-electron chi connectivity index (χ4n) is 1.58. The van der Waals surface area contributed by atoms with Crippen LogP contribution < -0.4 is 5.73 Å². The van der Waals surface area contributed by atoms with E-state index in [1.54, 1.807) is 36.4 Å². The Hall–Kier alpha value is -2.47. The van der Waals surface area contributed by atoms with Crippen molar-refractivity contribution in [2.24, 2.45) is 0 Å². The molecule has 2 aromatic rings. The molecule has 0 radical (unpaired) electrons. The molecule has 3 nitrogen and oxygen atoms in total. The first-order chi connectivity index (χ1) is 7.72. The molecule has 2 aromatic carbocycles. The third-order valence-corrected chi connectivity index (χ3v) is 2.37. The molecule has 78 valence electrons. The quantitative estimate of drug-likeness (QED) is 0.710. The van der Waals surface area contributed by atoms with E-state index >= 15 is 0 Å². The SMILES string of the molecule is N#Cc1ccc(-c2ccccc2O)c(N)c1. The van der Waals surface area contributed by atoms with Crippen LogP contribution in [-0.2, 0) is 0 Å². The van der Waals surface area contributed by atoms with E-state index in [-0.39, 0.29) is 5.75 Å². The lowest BCUT2D eigenvalue weighted by atomic mass is 10.0. The van der Waals surface area contributed by atoms with Gasteiger partial charge >= 0.3 is 0 Å². The molecule has 0 amide bonds. The van der Waals surface area contributed by atoms with E-state index in [1.807, 2.05) is 12.1 Å². The van der Waals surface area contributed by atoms with Crippen molar-refractivity contribution >= 4 is 5.69 Å². The molecule has 16 heavy (non-hydrogen) atoms. The average molecular weight is 210 g/mol. The largest absolute Gasteiger partial charge is 0.507 e. The molecule has 0 fully saturated rings. The Kier molecular flexibility index (Phi) is 2.49. The first-order valence-electron chi connectivity index (χ1n) is 4.80. The molecule has 3 heteroatoms. The summed E-state index contributed by atoms with van der Waals surface area (Å²) in [5.74, 6) is 0.180. The van der Waals surface area contributed by atoms with Gasteiger partial charge in [-0.15, -0.1) is 0 Å². The molecule has 0 saturated heterocycles. The van der Waals surface area contributed by atoms with Crippen molar-refractivity contribution in [1.82, 2.24) is 0 Å². The summed E-state index contributed by atoms with van der Waals surface area (Å²) in [5, 5.41) is 18.4. The topological polar surface area (TPSA) is 70.0 Å². The number of nitrogens with two attached hydrogens (primary N) is 1. The van der Waals surface area contributed by atoms with Crippen molar-refractivity contribution in [1.29, 1.82) is 5.26 Å². The standard InChI is InChI=1S/C13H10N2O/c14-8-9-5-6-10(12(15)7-9)11-3-1-2-4-13(11)16/h1-7,16H,15H2. The van der Waals surface area contributed by atoms with Gasteiger partial charge in [0.1, 0.15) is 5.75 Å². The molecule has 0 aliphatic heterocycles. The Morgan fingerprint density at radius 1 is 1.06 bits per heavy atom. The summed E-state index contributed by atoms with van der Waals surface area (Å²) in [6.45, 7) is 0. The first-order valence-corrected chi connectivity index (χ1v) is 4.80. The Morgan fingerprint density at radius 2 is 1.81 bits per heavy atom. The molecule has 0 aromatic heterocycles. The minimum Gasteiger partial charge on any atom is -0.507 e. The molecule has 0 atom stereocenters. The van der Waals surface area contributed by atoms with Crippen molar-refractivity contribution in [3.63, 3.8) is 0 Å². The number of nitrogen functional groups attached to an aromatic ring is 1. The highest BCUT2D eigenvalue weighted by Gasteiger charge is 2.07. The molecular weight excluding hydrogens is 200 g/mol. The average Bonchev–Trinajstić information content (AvgIpc) is 2.30. The van der Waals surface area contributed by atoms with Gasteiger partial charge in [-0.1, -0.05) is 24.3 Å². The zero-order valence-corrected chi connectivity index (χ0v) is 8.51. The van der Waals surface area contributed by atoms with Crippen molar-refractivity contribution in [3.8, 4) is 22.9 Å². The highest BCUT2D eigenvalue weighted by Crippen LogP contribution is 2.32. The van der Waals surface area contributed by atoms with Crippen LogP contribution in [0.4, 0.5) is 5.69 Å². The molecule has 3 N–H and O–H groups in total. The minimum absolute atomic E-state index is 0.180. The van der Waals surface area contributed by atoms with Gasteiger partial charge in [0.05, 0.1) is 11.6 Å². The van der Waals surface area contributed by atoms with Gasteiger partial charge in [-0.3, -0.25) is 0 Å². The van der Waals surface area contributed by atoms with E-state index in [1.165, 1.54) is 0 Å². The van der Waals surface area contributed by atoms with Crippen molar-refractivity contribution in [3.05, 3.63) is 48.0 Å². The molecule has 0 bridgehead atoms. The smallest absolute Gasteiger partial charge is 0.123 e. The monoisotopic (exact) mass is 210 g/mol. The third-order valence-electron chi connectivity index (χ3n) is 2.37. The van der Waals surface area contributed by atoms with Crippen LogP contribution in [0.2, 0.25) is 0 Å². The number of phenolic OH excluding ortho intramolecular Hbond substituents is 1. The van der Waals surface area contributed by atoms with E-state index in [0.29, 0.717) is 16.8 Å². The number of phenols is 1. The number of anilines is 1. The van der Waals surface area contributed by atoms with Crippen LogP contribution in [0, 0.1) is 11.3 Å². The Bertz CT molecular complexity index is 570. The van der Waals surface area contributed by atoms with Crippen molar-refractivity contribution < 1.29 is 5.11 Å². The van der Waals surface area contributed by atoms with Gasteiger partial charge in [-0.2, -0.15) is 5.26 Å². The van der Waals surface area contributed by atoms with Crippen LogP contribution in [0.1, 0.15) is 5.56 Å². The van der Waals surface area contributed by atoms with Gasteiger partial charge in [0.25, 0.3) is 0 Å². The summed E-state index contributed by atoms with van der Waals surface area (Å²) in [7, 11) is 0. The number of rotatable bonds is 1. The summed E-state index contributed by atoms with van der Waals surface area (Å²) in [6.07, 6.45) is 0. The maximum atomic E-state index is 9.69. The Balaban J connectivity index is 2.58. The zero-order valence-electron chi connectivity index (χ0n) is 8.51. The highest BCUT2D eigenvalue weighted by atomic mass is 16.3. The van der Waals surface area contributed by atoms with Gasteiger partial charge in [-0.25, -0.2) is 0 Å². The van der Waals surface area contributed by atoms with E-state index in [0.717, 1.165) is 5.56 Å². The van der Waals surface area contributed by atoms with E-state index in [4.69, 9.17) is 11.0 Å². The predicted octanol–water partition coefficient (Wildman–Crippen LogP) is 2.51. The van der Waals surface area contributed by atoms with Gasteiger partial charge in [0.15, 0.2) is 0 Å². The summed E-state index contributed by atoms with van der Waals surface area (Å²) in [4.78, 5) is 0. The first kappa shape index (κ1) is 10.1. The van der Waals surface area contributed by atoms with Crippen molar-refractivity contribution in [2.45, 2.75) is 0 Å². The second kappa shape index (κ2) is 3.95. The number of para-hydroxylation sites is 1. The molecule has 0 saturated carbocycles. The number of benzene rings is 2. The van der Waals surface area contributed by atoms with Gasteiger partial charge in [-0.05, 0) is 18.2 Å². The van der Waals surface area contributed by atoms with Crippen LogP contribution in [0.15, 0.2) is 42.5 Å². The maximum absolute atomic E-state index is 9.69. The maximum Gasteiger partial charge on any atom is 0.123 e. The summed E-state index contributed by atoms with van der Waals surface area (Å²) < 4.78 is 0. The number of nitrogens with zero attached hydrogens (tertiary/aromatic N) is 1. The summed E-state index contributed by atoms with van der Waals surface area (Å²) >= 11 is 0. The lowest BCUT2D eigenvalue weighted by Gasteiger charge is -2.07. The van der Waals surface area contributed by atoms with Gasteiger partial charge in [0, 0.05) is 16.8 Å². The van der Waals surface area contributed by atoms with E-state index in [2.05, 4.69) is 0 Å². The third kappa shape index (κ3) is 1.69. The van der Waals surface area contributed by atoms with Crippen LogP contribution in [-0.4, -0.2) is 5.11 Å². The number of hydrogen-bond donors (Lipinski definition) is 2. The minimum atomic E-state index is 0.180. The Labute approximate surface area is 93.4 Å². The van der Waals surface area contributed by atoms with Crippen LogP contribution in [0.5, 0.6) is 5.75 Å². The molecule has 0 aliphatic rings. The zero-order chi connectivity index (χ0) is 11.5. The normalized spacial score (nSPS) is 9.69. The molecule has 0 unspecified atom stereocenters. The fourth-order valence-corrected chi connectivity index (χ4v) is 1.58. The van der Waals surface area contributed by atoms with Gasteiger partial charge < -0.3 is 10.8 Å². The lowest BCUT2D eigenvalue weighted by Crippen LogP contribution is -1.91. The fraction of sp³-hybridized carbons (Fsp3) is 0. The van der Waals surface area contributed by atoms with Gasteiger partial charge in [0.2, 0.25) is 0 Å². The van der Waals surface area contributed by atoms with E-state index < -0.39 is 0 Å². The van der Waals surface area contributed by atoms with Crippen LogP contribution in [0.3, 0.4) is 0 Å². The van der Waals surface area contributed by atoms with Crippen LogP contribution >= 0.6 is 0 Å². The van der Waals surface area contributed by atoms with Crippen molar-refractivity contribution in [2.75, 3.05) is 5.73 Å². The summed E-state index contributed by atoms with van der Waals surface area (Å²) in [6, 6.07) is 14.0. The Morgan fingerprint density at radius 3 is 2.44 bits per heavy atom. The second-order valence-electron chi connectivity index (χ2n) is 3.43.